The summed E-state index contributed by atoms with van der Waals surface area (Å²) in [5.41, 5.74) is 0.0956. The molecule has 1 aromatic heterocycles. The van der Waals surface area contributed by atoms with E-state index >= 15 is 0 Å². The van der Waals surface area contributed by atoms with Crippen molar-refractivity contribution >= 4 is 24.4 Å². The highest BCUT2D eigenvalue weighted by atomic mass is 32.1. The smallest absolute Gasteiger partial charge is 0.338 e. The number of carbonyl (C=O) groups excluding carboxylic acids is 1. The molecule has 2 aromatic rings. The minimum Gasteiger partial charge on any atom is -0.478 e. The molecule has 1 heterocycles. The molecule has 170 valence electrons. The highest BCUT2D eigenvalue weighted by Crippen LogP contribution is 2.21. The molecule has 8 heteroatoms. The number of nitrogens with zero attached hydrogens (tertiary/aromatic N) is 2. The third-order valence-corrected chi connectivity index (χ3v) is 5.69. The van der Waals surface area contributed by atoms with Gasteiger partial charge in [0.05, 0.1) is 17.4 Å². The summed E-state index contributed by atoms with van der Waals surface area (Å²) in [5, 5.41) is 8.66. The van der Waals surface area contributed by atoms with Crippen molar-refractivity contribution in [2.75, 3.05) is 0 Å². The molecule has 0 aliphatic heterocycles. The molecule has 0 saturated heterocycles. The van der Waals surface area contributed by atoms with Gasteiger partial charge >= 0.3 is 5.97 Å². The third kappa shape index (κ3) is 6.63. The highest BCUT2D eigenvalue weighted by Gasteiger charge is 2.21. The Morgan fingerprint density at radius 2 is 1.90 bits per heavy atom. The van der Waals surface area contributed by atoms with E-state index in [2.05, 4.69) is 17.6 Å². The van der Waals surface area contributed by atoms with Gasteiger partial charge in [-0.25, -0.2) is 18.6 Å². The quantitative estimate of drug-likeness (QED) is 0.440. The zero-order chi connectivity index (χ0) is 23.1. The van der Waals surface area contributed by atoms with Crippen LogP contribution < -0.4 is 0 Å². The summed E-state index contributed by atoms with van der Waals surface area (Å²) in [6.45, 7) is 6.14. The van der Waals surface area contributed by atoms with Crippen LogP contribution in [0.2, 0.25) is 0 Å². The van der Waals surface area contributed by atoms with Gasteiger partial charge in [0, 0.05) is 30.3 Å². The molecule has 0 amide bonds. The van der Waals surface area contributed by atoms with E-state index in [-0.39, 0.29) is 29.6 Å². The van der Waals surface area contributed by atoms with Gasteiger partial charge in [-0.2, -0.15) is 12.6 Å². The first kappa shape index (κ1) is 25.0. The van der Waals surface area contributed by atoms with Crippen LogP contribution in [0.1, 0.15) is 73.9 Å². The molecule has 0 radical (unpaired) electrons. The molecule has 0 bridgehead atoms. The lowest BCUT2D eigenvalue weighted by atomic mass is 10.0. The number of rotatable bonds is 12. The Hall–Kier alpha value is -2.22. The van der Waals surface area contributed by atoms with Crippen molar-refractivity contribution in [2.24, 2.45) is 5.92 Å². The SMILES string of the molecule is CCCCc1ncc(CCC(=O)[C@@H](S)CC(C)C)n1Cc1ccc(C(=O)O)c(F)c1F. The number of carboxylic acids is 1. The predicted octanol–water partition coefficient (Wildman–Crippen LogP) is 5.10. The number of hydrogen-bond donors (Lipinski definition) is 2. The zero-order valence-electron chi connectivity index (χ0n) is 18.2. The van der Waals surface area contributed by atoms with Crippen LogP contribution in [0, 0.1) is 17.6 Å². The second-order valence-corrected chi connectivity index (χ2v) is 8.80. The first-order chi connectivity index (χ1) is 14.6. The minimum atomic E-state index is -1.52. The second-order valence-electron chi connectivity index (χ2n) is 8.17. The van der Waals surface area contributed by atoms with E-state index in [9.17, 15) is 18.4 Å². The molecule has 0 aliphatic carbocycles. The van der Waals surface area contributed by atoms with Crippen LogP contribution in [0.15, 0.2) is 18.3 Å². The summed E-state index contributed by atoms with van der Waals surface area (Å²) in [4.78, 5) is 27.9. The first-order valence-electron chi connectivity index (χ1n) is 10.6. The fourth-order valence-electron chi connectivity index (χ4n) is 3.42. The number of ketones is 1. The molecule has 0 saturated carbocycles. The van der Waals surface area contributed by atoms with Crippen molar-refractivity contribution in [3.8, 4) is 0 Å². The molecule has 2 rings (SSSR count). The van der Waals surface area contributed by atoms with E-state index in [4.69, 9.17) is 5.11 Å². The number of hydrogen-bond acceptors (Lipinski definition) is 4. The van der Waals surface area contributed by atoms with Crippen molar-refractivity contribution in [1.82, 2.24) is 9.55 Å². The molecule has 0 aliphatic rings. The van der Waals surface area contributed by atoms with Crippen LogP contribution in [0.5, 0.6) is 0 Å². The molecule has 5 nitrogen and oxygen atoms in total. The van der Waals surface area contributed by atoms with Crippen LogP contribution in [-0.2, 0) is 24.2 Å². The summed E-state index contributed by atoms with van der Waals surface area (Å²) in [7, 11) is 0. The van der Waals surface area contributed by atoms with Gasteiger partial charge in [-0.05, 0) is 31.2 Å². The molecule has 0 fully saturated rings. The Labute approximate surface area is 187 Å². The number of thiol groups is 1. The van der Waals surface area contributed by atoms with Gasteiger partial charge in [0.1, 0.15) is 11.6 Å². The molecule has 1 atom stereocenters. The summed E-state index contributed by atoms with van der Waals surface area (Å²) < 4.78 is 30.5. The molecule has 1 aromatic carbocycles. The lowest BCUT2D eigenvalue weighted by Crippen LogP contribution is -2.18. The maximum Gasteiger partial charge on any atom is 0.338 e. The maximum absolute atomic E-state index is 14.5. The summed E-state index contributed by atoms with van der Waals surface area (Å²) in [5.74, 6) is -2.92. The van der Waals surface area contributed by atoms with Crippen LogP contribution >= 0.6 is 12.6 Å². The third-order valence-electron chi connectivity index (χ3n) is 5.19. The van der Waals surface area contributed by atoms with E-state index in [1.807, 2.05) is 20.8 Å². The molecule has 1 N–H and O–H groups in total. The average molecular weight is 453 g/mol. The van der Waals surface area contributed by atoms with E-state index < -0.39 is 23.2 Å². The Morgan fingerprint density at radius 3 is 2.52 bits per heavy atom. The van der Waals surface area contributed by atoms with Gasteiger partial charge in [0.15, 0.2) is 11.6 Å². The Balaban J connectivity index is 2.27. The van der Waals surface area contributed by atoms with E-state index in [1.54, 1.807) is 10.8 Å². The number of aromatic carboxylic acids is 1. The van der Waals surface area contributed by atoms with Crippen molar-refractivity contribution in [1.29, 1.82) is 0 Å². The summed E-state index contributed by atoms with van der Waals surface area (Å²) in [6, 6.07) is 2.35. The Kier molecular flexibility index (Phi) is 9.22. The fourth-order valence-corrected chi connectivity index (χ4v) is 3.97. The number of carbonyl (C=O) groups is 2. The number of aromatic nitrogens is 2. The predicted molar refractivity (Wildman–Crippen MR) is 119 cm³/mol. The number of benzene rings is 1. The second kappa shape index (κ2) is 11.4. The van der Waals surface area contributed by atoms with E-state index in [1.165, 1.54) is 6.07 Å². The standard InChI is InChI=1S/C23H30F2N2O3S/c1-4-5-6-20-26-12-16(8-10-18(28)19(31)11-14(2)3)27(20)13-15-7-9-17(23(29)30)22(25)21(15)24/h7,9,12,14,19,31H,4-6,8,10-11,13H2,1-3H3,(H,29,30)/t19-/m0/s1. The van der Waals surface area contributed by atoms with Crippen molar-refractivity contribution in [3.63, 3.8) is 0 Å². The van der Waals surface area contributed by atoms with Gasteiger partial charge in [-0.3, -0.25) is 4.79 Å². The number of aryl methyl sites for hydroxylation is 2. The number of halogens is 2. The summed E-state index contributed by atoms with van der Waals surface area (Å²) in [6.07, 6.45) is 5.59. The lowest BCUT2D eigenvalue weighted by Gasteiger charge is -2.15. The van der Waals surface area contributed by atoms with Gasteiger partial charge in [0.25, 0.3) is 0 Å². The topological polar surface area (TPSA) is 72.2 Å². The fraction of sp³-hybridized carbons (Fsp3) is 0.522. The lowest BCUT2D eigenvalue weighted by molar-refractivity contribution is -0.118. The molecular weight excluding hydrogens is 422 g/mol. The average Bonchev–Trinajstić information content (AvgIpc) is 3.08. The van der Waals surface area contributed by atoms with Crippen LogP contribution in [-0.4, -0.2) is 31.7 Å². The van der Waals surface area contributed by atoms with Crippen LogP contribution in [0.25, 0.3) is 0 Å². The molecule has 31 heavy (non-hydrogen) atoms. The Morgan fingerprint density at radius 1 is 1.19 bits per heavy atom. The zero-order valence-corrected chi connectivity index (χ0v) is 19.1. The van der Waals surface area contributed by atoms with Crippen molar-refractivity contribution in [2.45, 2.75) is 71.1 Å². The van der Waals surface area contributed by atoms with Gasteiger partial charge < -0.3 is 9.67 Å². The number of unbranched alkanes of at least 4 members (excludes halogenated alkanes) is 1. The normalized spacial score (nSPS) is 12.4. The monoisotopic (exact) mass is 452 g/mol. The first-order valence-corrected chi connectivity index (χ1v) is 11.1. The molecule has 0 spiro atoms. The molecule has 0 unspecified atom stereocenters. The summed E-state index contributed by atoms with van der Waals surface area (Å²) >= 11 is 4.41. The minimum absolute atomic E-state index is 0.0154. The van der Waals surface area contributed by atoms with E-state index in [0.717, 1.165) is 30.4 Å². The highest BCUT2D eigenvalue weighted by molar-refractivity contribution is 7.81. The number of carboxylic acid groups (broad SMARTS) is 1. The van der Waals surface area contributed by atoms with Crippen molar-refractivity contribution < 1.29 is 23.5 Å². The van der Waals surface area contributed by atoms with E-state index in [0.29, 0.717) is 25.2 Å². The van der Waals surface area contributed by atoms with Gasteiger partial charge in [-0.1, -0.05) is 33.3 Å². The Bertz CT molecular complexity index is 928. The van der Waals surface area contributed by atoms with Gasteiger partial charge in [0.2, 0.25) is 0 Å². The largest absolute Gasteiger partial charge is 0.478 e. The van der Waals surface area contributed by atoms with Crippen LogP contribution in [0.4, 0.5) is 8.78 Å². The number of Topliss-reactive ketones (excluding diaryl/α,β-unsaturated/α-hetero) is 1. The van der Waals surface area contributed by atoms with Crippen molar-refractivity contribution in [3.05, 3.63) is 52.6 Å². The molecular formula is C23H30F2N2O3S. The van der Waals surface area contributed by atoms with Crippen LogP contribution in [0.3, 0.4) is 0 Å². The number of imidazole rings is 1. The van der Waals surface area contributed by atoms with Gasteiger partial charge in [-0.15, -0.1) is 0 Å². The maximum atomic E-state index is 14.5.